The van der Waals surface area contributed by atoms with Crippen LogP contribution >= 0.6 is 0 Å². The van der Waals surface area contributed by atoms with E-state index in [-0.39, 0.29) is 12.4 Å². The van der Waals surface area contributed by atoms with Gasteiger partial charge in [0.25, 0.3) is 0 Å². The van der Waals surface area contributed by atoms with Crippen molar-refractivity contribution in [2.24, 2.45) is 0 Å². The lowest BCUT2D eigenvalue weighted by Gasteiger charge is -2.09. The molecule has 0 saturated carbocycles. The highest BCUT2D eigenvalue weighted by Crippen LogP contribution is 2.32. The number of benzene rings is 1. The third-order valence-corrected chi connectivity index (χ3v) is 1.97. The smallest absolute Gasteiger partial charge is 0.231 e. The molecule has 1 unspecified atom stereocenters. The highest BCUT2D eigenvalue weighted by Gasteiger charge is 2.13. The van der Waals surface area contributed by atoms with Crippen LogP contribution in [0.4, 0.5) is 0 Å². The molecule has 1 aliphatic heterocycles. The summed E-state index contributed by atoms with van der Waals surface area (Å²) >= 11 is 0. The Kier molecular flexibility index (Phi) is 1.39. The molecule has 3 nitrogen and oxygen atoms in total. The van der Waals surface area contributed by atoms with Gasteiger partial charge in [0.15, 0.2) is 11.5 Å². The first-order valence-electron chi connectivity index (χ1n) is 6.84. The highest BCUT2D eigenvalue weighted by molar-refractivity contribution is 5.44. The molecule has 76 valence electrons. The lowest BCUT2D eigenvalue weighted by molar-refractivity contribution is 0.174. The second-order valence-electron chi connectivity index (χ2n) is 2.93. The summed E-state index contributed by atoms with van der Waals surface area (Å²) in [6, 6.07) is 3.28. The van der Waals surface area contributed by atoms with Crippen LogP contribution in [0.5, 0.6) is 11.5 Å². The zero-order valence-electron chi connectivity index (χ0n) is 12.8. The number of hydrogen-bond acceptors (Lipinski definition) is 3. The van der Waals surface area contributed by atoms with E-state index in [4.69, 9.17) is 16.3 Å². The van der Waals surface area contributed by atoms with E-state index in [1.165, 1.54) is 19.2 Å². The van der Waals surface area contributed by atoms with Crippen LogP contribution in [0, 0.1) is 0 Å². The van der Waals surface area contributed by atoms with Crippen molar-refractivity contribution in [1.82, 2.24) is 5.32 Å². The van der Waals surface area contributed by atoms with E-state index in [1.54, 1.807) is 6.07 Å². The largest absolute Gasteiger partial charge is 0.454 e. The maximum absolute atomic E-state index is 8.09. The maximum atomic E-state index is 8.09. The van der Waals surface area contributed by atoms with Gasteiger partial charge in [-0.1, -0.05) is 6.07 Å². The number of rotatable bonds is 3. The normalized spacial score (nSPS) is 22.8. The monoisotopic (exact) mass is 198 g/mol. The molecule has 2 rings (SSSR count). The Bertz CT molecular complexity index is 475. The Labute approximate surface area is 91.1 Å². The predicted molar refractivity (Wildman–Crippen MR) is 54.8 cm³/mol. The van der Waals surface area contributed by atoms with Crippen LogP contribution in [0.3, 0.4) is 0 Å². The highest BCUT2D eigenvalue weighted by atomic mass is 16.7. The lowest BCUT2D eigenvalue weighted by atomic mass is 10.1. The van der Waals surface area contributed by atoms with E-state index in [1.807, 2.05) is 0 Å². The summed E-state index contributed by atoms with van der Waals surface area (Å²) in [6.45, 7) is -2.36. The van der Waals surface area contributed by atoms with Crippen LogP contribution < -0.4 is 14.8 Å². The first kappa shape index (κ1) is 5.03. The molecule has 1 atom stereocenters. The molecule has 0 saturated heterocycles. The van der Waals surface area contributed by atoms with Crippen molar-refractivity contribution < 1.29 is 16.3 Å². The maximum Gasteiger partial charge on any atom is 0.231 e. The standard InChI is InChI=1S/C11H15NO2/c1-8(12-2)5-9-3-4-10-11(6-9)14-7-13-10/h3-4,6,8,12H,5,7H2,1-2H3/i1D3,5D2. The summed E-state index contributed by atoms with van der Waals surface area (Å²) in [5.74, 6) is 0.969. The number of ether oxygens (including phenoxy) is 2. The Morgan fingerprint density at radius 1 is 1.57 bits per heavy atom. The topological polar surface area (TPSA) is 30.5 Å². The van der Waals surface area contributed by atoms with Crippen LogP contribution in [-0.2, 0) is 6.37 Å². The van der Waals surface area contributed by atoms with E-state index < -0.39 is 19.3 Å². The summed E-state index contributed by atoms with van der Waals surface area (Å²) in [5.41, 5.74) is 0.243. The van der Waals surface area contributed by atoms with E-state index >= 15 is 0 Å². The van der Waals surface area contributed by atoms with E-state index in [0.29, 0.717) is 11.5 Å². The molecule has 0 aliphatic carbocycles. The molecule has 14 heavy (non-hydrogen) atoms. The van der Waals surface area contributed by atoms with Gasteiger partial charge in [0.2, 0.25) is 6.79 Å². The average molecular weight is 198 g/mol. The number of nitrogens with one attached hydrogen (secondary N) is 1. The summed E-state index contributed by atoms with van der Waals surface area (Å²) in [7, 11) is 1.43. The van der Waals surface area contributed by atoms with Gasteiger partial charge in [0, 0.05) is 12.9 Å². The van der Waals surface area contributed by atoms with Crippen molar-refractivity contribution in [3.63, 3.8) is 0 Å². The molecule has 0 spiro atoms. The van der Waals surface area contributed by atoms with Crippen molar-refractivity contribution in [3.05, 3.63) is 23.8 Å². The van der Waals surface area contributed by atoms with Gasteiger partial charge in [-0.25, -0.2) is 0 Å². The van der Waals surface area contributed by atoms with Crippen LogP contribution in [0.25, 0.3) is 0 Å². The van der Waals surface area contributed by atoms with Crippen LogP contribution in [-0.4, -0.2) is 19.9 Å². The van der Waals surface area contributed by atoms with Gasteiger partial charge in [-0.2, -0.15) is 0 Å². The fourth-order valence-electron chi connectivity index (χ4n) is 1.23. The van der Waals surface area contributed by atoms with E-state index in [9.17, 15) is 0 Å². The second kappa shape index (κ2) is 3.88. The molecule has 0 bridgehead atoms. The summed E-state index contributed by atoms with van der Waals surface area (Å²) < 4.78 is 48.8. The number of fused-ring (bicyclic) bond motifs is 1. The van der Waals surface area contributed by atoms with Gasteiger partial charge in [-0.3, -0.25) is 0 Å². The molecule has 0 amide bonds. The third-order valence-electron chi connectivity index (χ3n) is 1.97. The van der Waals surface area contributed by atoms with Crippen molar-refractivity contribution in [2.75, 3.05) is 13.8 Å². The molecule has 0 radical (unpaired) electrons. The average Bonchev–Trinajstić information content (AvgIpc) is 2.73. The second-order valence-corrected chi connectivity index (χ2v) is 2.93. The van der Waals surface area contributed by atoms with Crippen molar-refractivity contribution in [1.29, 1.82) is 0 Å². The SMILES string of the molecule is [2H]C([2H])([2H])C(NC)C([2H])([2H])c1ccc2c(c1)OCO2. The molecule has 1 aliphatic rings. The van der Waals surface area contributed by atoms with Crippen molar-refractivity contribution in [2.45, 2.75) is 19.3 Å². The van der Waals surface area contributed by atoms with E-state index in [0.717, 1.165) is 0 Å². The molecular weight excluding hydrogens is 178 g/mol. The molecule has 0 aromatic heterocycles. The minimum atomic E-state index is -2.45. The quantitative estimate of drug-likeness (QED) is 0.799. The van der Waals surface area contributed by atoms with Crippen LogP contribution in [0.1, 0.15) is 19.3 Å². The number of hydrogen-bond donors (Lipinski definition) is 1. The molecule has 3 heteroatoms. The van der Waals surface area contributed by atoms with Gasteiger partial charge in [0.1, 0.15) is 0 Å². The number of likely N-dealkylation sites (N-methyl/N-ethyl adjacent to an activating group) is 1. The molecule has 1 N–H and O–H groups in total. The van der Waals surface area contributed by atoms with Gasteiger partial charge in [0.05, 0.1) is 0 Å². The van der Waals surface area contributed by atoms with Crippen molar-refractivity contribution >= 4 is 0 Å². The summed E-state index contributed by atoms with van der Waals surface area (Å²) in [4.78, 5) is 0. The molecule has 1 heterocycles. The Morgan fingerprint density at radius 3 is 3.21 bits per heavy atom. The Hall–Kier alpha value is -1.22. The minimum absolute atomic E-state index is 0.0938. The lowest BCUT2D eigenvalue weighted by Crippen LogP contribution is -2.23. The third kappa shape index (κ3) is 1.82. The zero-order chi connectivity index (χ0) is 14.3. The fourth-order valence-corrected chi connectivity index (χ4v) is 1.23. The minimum Gasteiger partial charge on any atom is -0.454 e. The Morgan fingerprint density at radius 2 is 2.43 bits per heavy atom. The van der Waals surface area contributed by atoms with Crippen molar-refractivity contribution in [3.8, 4) is 11.5 Å². The van der Waals surface area contributed by atoms with Crippen LogP contribution in [0.2, 0.25) is 0 Å². The Balaban J connectivity index is 2.38. The van der Waals surface area contributed by atoms with Crippen LogP contribution in [0.15, 0.2) is 18.2 Å². The van der Waals surface area contributed by atoms with E-state index in [2.05, 4.69) is 5.32 Å². The summed E-state index contributed by atoms with van der Waals surface area (Å²) in [6.07, 6.45) is -2.05. The molecule has 1 aromatic rings. The fraction of sp³-hybridized carbons (Fsp3) is 0.455. The summed E-state index contributed by atoms with van der Waals surface area (Å²) in [5, 5.41) is 2.54. The van der Waals surface area contributed by atoms with Gasteiger partial charge in [-0.15, -0.1) is 0 Å². The molecule has 0 fully saturated rings. The molecule has 1 aromatic carbocycles. The first-order valence-corrected chi connectivity index (χ1v) is 4.34. The predicted octanol–water partition coefficient (Wildman–Crippen LogP) is 1.57. The van der Waals surface area contributed by atoms with Gasteiger partial charge in [-0.05, 0) is 38.0 Å². The van der Waals surface area contributed by atoms with Gasteiger partial charge < -0.3 is 14.8 Å². The first-order chi connectivity index (χ1) is 8.76. The molecular formula is C11H15NO2. The zero-order valence-corrected chi connectivity index (χ0v) is 7.83. The van der Waals surface area contributed by atoms with Gasteiger partial charge >= 0.3 is 0 Å².